The third-order valence-corrected chi connectivity index (χ3v) is 5.11. The molecule has 9 heteroatoms. The molecule has 0 atom stereocenters. The summed E-state index contributed by atoms with van der Waals surface area (Å²) in [7, 11) is -2.08. The number of nitrogens with one attached hydrogen (secondary N) is 1. The van der Waals surface area contributed by atoms with Gasteiger partial charge in [0.2, 0.25) is 0 Å². The van der Waals surface area contributed by atoms with Gasteiger partial charge in [-0.1, -0.05) is 11.6 Å². The summed E-state index contributed by atoms with van der Waals surface area (Å²) >= 11 is 9.12. The first-order valence-electron chi connectivity index (χ1n) is 5.56. The summed E-state index contributed by atoms with van der Waals surface area (Å²) in [6.07, 6.45) is 1.49. The van der Waals surface area contributed by atoms with Crippen molar-refractivity contribution in [3.63, 3.8) is 0 Å². The molecule has 0 amide bonds. The van der Waals surface area contributed by atoms with Crippen LogP contribution in [0.3, 0.4) is 0 Å². The summed E-state index contributed by atoms with van der Waals surface area (Å²) in [6, 6.07) is 1.55. The molecule has 2 rings (SSSR count). The van der Waals surface area contributed by atoms with Gasteiger partial charge in [-0.3, -0.25) is 9.40 Å². The lowest BCUT2D eigenvalue weighted by atomic mass is 10.4. The molecule has 20 heavy (non-hydrogen) atoms. The maximum atomic E-state index is 12.5. The Kier molecular flexibility index (Phi) is 4.08. The van der Waals surface area contributed by atoms with Gasteiger partial charge in [0.1, 0.15) is 4.90 Å². The summed E-state index contributed by atoms with van der Waals surface area (Å²) in [5.41, 5.74) is 1.19. The molecule has 0 saturated carbocycles. The minimum Gasteiger partial charge on any atom is -0.276 e. The normalized spacial score (nSPS) is 11.7. The first-order chi connectivity index (χ1) is 9.22. The first kappa shape index (κ1) is 15.3. The zero-order valence-corrected chi connectivity index (χ0v) is 14.1. The van der Waals surface area contributed by atoms with Crippen LogP contribution in [-0.2, 0) is 17.1 Å². The Labute approximate surface area is 130 Å². The lowest BCUT2D eigenvalue weighted by Gasteiger charge is -2.09. The van der Waals surface area contributed by atoms with E-state index in [2.05, 4.69) is 30.7 Å². The Bertz CT molecular complexity index is 773. The number of pyridine rings is 1. The monoisotopic (exact) mass is 378 g/mol. The molecule has 0 aromatic carbocycles. The maximum Gasteiger partial charge on any atom is 0.265 e. The second kappa shape index (κ2) is 5.34. The largest absolute Gasteiger partial charge is 0.276 e. The van der Waals surface area contributed by atoms with Crippen molar-refractivity contribution in [3.8, 4) is 0 Å². The lowest BCUT2D eigenvalue weighted by molar-refractivity contribution is 0.599. The van der Waals surface area contributed by atoms with Gasteiger partial charge in [-0.25, -0.2) is 13.4 Å². The van der Waals surface area contributed by atoms with Crippen LogP contribution in [0.2, 0.25) is 5.15 Å². The Balaban J connectivity index is 2.49. The average Bonchev–Trinajstić information content (AvgIpc) is 2.58. The van der Waals surface area contributed by atoms with Crippen LogP contribution in [0.15, 0.2) is 21.6 Å². The fourth-order valence-corrected chi connectivity index (χ4v) is 3.87. The van der Waals surface area contributed by atoms with Crippen LogP contribution in [0.25, 0.3) is 0 Å². The Hall–Kier alpha value is -1.12. The summed E-state index contributed by atoms with van der Waals surface area (Å²) in [5, 5.41) is 4.18. The number of hydrogen-bond donors (Lipinski definition) is 1. The predicted octanol–water partition coefficient (Wildman–Crippen LogP) is 2.65. The number of nitrogens with zero attached hydrogens (tertiary/aromatic N) is 3. The highest BCUT2D eigenvalue weighted by molar-refractivity contribution is 9.10. The fraction of sp³-hybridized carbons (Fsp3) is 0.273. The molecule has 0 fully saturated rings. The van der Waals surface area contributed by atoms with E-state index in [1.165, 1.54) is 10.9 Å². The molecule has 0 bridgehead atoms. The zero-order chi connectivity index (χ0) is 15.1. The third-order valence-electron chi connectivity index (χ3n) is 2.76. The molecule has 2 aromatic rings. The van der Waals surface area contributed by atoms with E-state index in [1.807, 2.05) is 0 Å². The zero-order valence-electron chi connectivity index (χ0n) is 11.0. The first-order valence-corrected chi connectivity index (χ1v) is 8.22. The van der Waals surface area contributed by atoms with E-state index >= 15 is 0 Å². The lowest BCUT2D eigenvalue weighted by Crippen LogP contribution is -2.15. The minimum atomic E-state index is -3.77. The van der Waals surface area contributed by atoms with Crippen molar-refractivity contribution in [3.05, 3.63) is 33.3 Å². The fourth-order valence-electron chi connectivity index (χ4n) is 1.83. The molecule has 0 radical (unpaired) electrons. The van der Waals surface area contributed by atoms with Gasteiger partial charge in [0.25, 0.3) is 10.0 Å². The molecule has 0 unspecified atom stereocenters. The van der Waals surface area contributed by atoms with Gasteiger partial charge in [0.05, 0.1) is 17.1 Å². The van der Waals surface area contributed by atoms with Crippen molar-refractivity contribution >= 4 is 43.2 Å². The van der Waals surface area contributed by atoms with E-state index in [9.17, 15) is 8.42 Å². The number of sulfonamides is 1. The molecule has 0 aliphatic rings. The highest BCUT2D eigenvalue weighted by Crippen LogP contribution is 2.27. The van der Waals surface area contributed by atoms with Crippen molar-refractivity contribution in [2.75, 3.05) is 4.72 Å². The number of aromatic nitrogens is 3. The highest BCUT2D eigenvalue weighted by atomic mass is 79.9. The van der Waals surface area contributed by atoms with E-state index < -0.39 is 10.0 Å². The van der Waals surface area contributed by atoms with Crippen LogP contribution in [-0.4, -0.2) is 23.2 Å². The molecule has 0 aliphatic carbocycles. The predicted molar refractivity (Wildman–Crippen MR) is 80.4 cm³/mol. The summed E-state index contributed by atoms with van der Waals surface area (Å²) < 4.78 is 29.5. The van der Waals surface area contributed by atoms with Gasteiger partial charge >= 0.3 is 0 Å². The maximum absolute atomic E-state index is 12.5. The van der Waals surface area contributed by atoms with Crippen molar-refractivity contribution in [2.45, 2.75) is 18.7 Å². The number of halogens is 2. The van der Waals surface area contributed by atoms with E-state index in [4.69, 9.17) is 11.6 Å². The molecule has 108 valence electrons. The molecule has 2 aromatic heterocycles. The Morgan fingerprint density at radius 2 is 2.05 bits per heavy atom. The Morgan fingerprint density at radius 1 is 1.40 bits per heavy atom. The summed E-state index contributed by atoms with van der Waals surface area (Å²) in [5.74, 6) is 0. The molecule has 0 spiro atoms. The van der Waals surface area contributed by atoms with Gasteiger partial charge in [0, 0.05) is 17.7 Å². The molecule has 6 nitrogen and oxygen atoms in total. The number of hydrogen-bond acceptors (Lipinski definition) is 4. The standard InChI is InChI=1S/C11H12BrClN4O2S/c1-6-10(7(2)17(3)15-6)20(18,19)16-9-4-8(12)5-14-11(9)13/h4-5,16H,1-3H3. The number of anilines is 1. The average molecular weight is 380 g/mol. The molecule has 1 N–H and O–H groups in total. The third kappa shape index (κ3) is 2.82. The van der Waals surface area contributed by atoms with E-state index in [0.29, 0.717) is 15.9 Å². The van der Waals surface area contributed by atoms with Crippen molar-refractivity contribution in [1.29, 1.82) is 0 Å². The van der Waals surface area contributed by atoms with Crippen LogP contribution in [0.4, 0.5) is 5.69 Å². The number of rotatable bonds is 3. The molecule has 2 heterocycles. The molecule has 0 saturated heterocycles. The van der Waals surface area contributed by atoms with Crippen LogP contribution >= 0.6 is 27.5 Å². The molecular formula is C11H12BrClN4O2S. The highest BCUT2D eigenvalue weighted by Gasteiger charge is 2.24. The van der Waals surface area contributed by atoms with Crippen molar-refractivity contribution < 1.29 is 8.42 Å². The van der Waals surface area contributed by atoms with Gasteiger partial charge in [-0.05, 0) is 35.8 Å². The van der Waals surface area contributed by atoms with Gasteiger partial charge in [0.15, 0.2) is 5.15 Å². The van der Waals surface area contributed by atoms with Gasteiger partial charge in [-0.15, -0.1) is 0 Å². The van der Waals surface area contributed by atoms with Crippen LogP contribution in [0.1, 0.15) is 11.4 Å². The number of aryl methyl sites for hydroxylation is 2. The Morgan fingerprint density at radius 3 is 2.60 bits per heavy atom. The van der Waals surface area contributed by atoms with E-state index in [1.54, 1.807) is 27.0 Å². The van der Waals surface area contributed by atoms with Gasteiger partial charge in [-0.2, -0.15) is 5.10 Å². The molecular weight excluding hydrogens is 368 g/mol. The summed E-state index contributed by atoms with van der Waals surface area (Å²) in [4.78, 5) is 4.03. The smallest absolute Gasteiger partial charge is 0.265 e. The van der Waals surface area contributed by atoms with E-state index in [-0.39, 0.29) is 15.7 Å². The van der Waals surface area contributed by atoms with Crippen molar-refractivity contribution in [2.24, 2.45) is 7.05 Å². The molecule has 0 aliphatic heterocycles. The second-order valence-electron chi connectivity index (χ2n) is 4.22. The van der Waals surface area contributed by atoms with Crippen LogP contribution in [0, 0.1) is 13.8 Å². The SMILES string of the molecule is Cc1nn(C)c(C)c1S(=O)(=O)Nc1cc(Br)cnc1Cl. The summed E-state index contributed by atoms with van der Waals surface area (Å²) in [6.45, 7) is 3.33. The minimum absolute atomic E-state index is 0.0796. The quantitative estimate of drug-likeness (QED) is 0.832. The van der Waals surface area contributed by atoms with Crippen LogP contribution in [0.5, 0.6) is 0 Å². The van der Waals surface area contributed by atoms with Crippen LogP contribution < -0.4 is 4.72 Å². The second-order valence-corrected chi connectivity index (χ2v) is 7.11. The topological polar surface area (TPSA) is 76.9 Å². The van der Waals surface area contributed by atoms with Crippen molar-refractivity contribution in [1.82, 2.24) is 14.8 Å². The van der Waals surface area contributed by atoms with E-state index in [0.717, 1.165) is 0 Å². The van der Waals surface area contributed by atoms with Gasteiger partial charge < -0.3 is 0 Å².